The maximum absolute atomic E-state index is 12.4. The molecule has 1 aliphatic carbocycles. The number of aldehydes is 1. The molecule has 0 heterocycles. The first kappa shape index (κ1) is 20.9. The first-order valence-corrected chi connectivity index (χ1v) is 8.82. The Morgan fingerprint density at radius 3 is 2.37 bits per heavy atom. The zero-order chi connectivity index (χ0) is 19.9. The molecule has 0 aliphatic heterocycles. The van der Waals surface area contributed by atoms with E-state index < -0.39 is 23.3 Å². The second-order valence-corrected chi connectivity index (χ2v) is 6.79. The number of rotatable bonds is 8. The van der Waals surface area contributed by atoms with E-state index in [9.17, 15) is 14.4 Å². The van der Waals surface area contributed by atoms with Crippen molar-refractivity contribution in [3.05, 3.63) is 29.8 Å². The summed E-state index contributed by atoms with van der Waals surface area (Å²) in [7, 11) is 4.19. The van der Waals surface area contributed by atoms with Gasteiger partial charge in [0.25, 0.3) is 0 Å². The van der Waals surface area contributed by atoms with E-state index in [-0.39, 0.29) is 18.9 Å². The fraction of sp³-hybridized carbons (Fsp3) is 0.550. The predicted molar refractivity (Wildman–Crippen MR) is 96.1 cm³/mol. The van der Waals surface area contributed by atoms with Crippen LogP contribution < -0.4 is 4.74 Å². The van der Waals surface area contributed by atoms with Crippen molar-refractivity contribution < 1.29 is 33.3 Å². The fourth-order valence-corrected chi connectivity index (χ4v) is 3.68. The lowest BCUT2D eigenvalue weighted by molar-refractivity contribution is -0.167. The first-order chi connectivity index (χ1) is 13.0. The molecule has 1 aromatic carbocycles. The van der Waals surface area contributed by atoms with Crippen LogP contribution in [0.3, 0.4) is 0 Å². The van der Waals surface area contributed by atoms with E-state index in [1.165, 1.54) is 14.2 Å². The molecule has 0 amide bonds. The summed E-state index contributed by atoms with van der Waals surface area (Å²) < 4.78 is 20.9. The Bertz CT molecular complexity index is 655. The lowest BCUT2D eigenvalue weighted by Gasteiger charge is -2.40. The number of esters is 2. The van der Waals surface area contributed by atoms with Gasteiger partial charge in [0.05, 0.1) is 45.4 Å². The van der Waals surface area contributed by atoms with Gasteiger partial charge in [-0.3, -0.25) is 9.59 Å². The number of carbonyl (C=O) groups is 3. The highest BCUT2D eigenvalue weighted by Gasteiger charge is 2.49. The number of benzene rings is 1. The van der Waals surface area contributed by atoms with Crippen LogP contribution in [-0.2, 0) is 35.2 Å². The molecular formula is C20H26O7. The van der Waals surface area contributed by atoms with Crippen LogP contribution >= 0.6 is 0 Å². The van der Waals surface area contributed by atoms with Gasteiger partial charge in [-0.25, -0.2) is 0 Å². The van der Waals surface area contributed by atoms with Gasteiger partial charge >= 0.3 is 11.9 Å². The van der Waals surface area contributed by atoms with Crippen LogP contribution in [0, 0.1) is 11.3 Å². The Labute approximate surface area is 158 Å². The molecular weight excluding hydrogens is 352 g/mol. The van der Waals surface area contributed by atoms with Crippen LogP contribution in [0.4, 0.5) is 0 Å². The lowest BCUT2D eigenvalue weighted by Crippen LogP contribution is -2.45. The molecule has 1 aromatic rings. The van der Waals surface area contributed by atoms with Gasteiger partial charge in [0.1, 0.15) is 12.0 Å². The van der Waals surface area contributed by atoms with Gasteiger partial charge in [-0.1, -0.05) is 12.1 Å². The second-order valence-electron chi connectivity index (χ2n) is 6.79. The SMILES string of the molecule is COC(=O)C1CC(OCc2ccc(OC)cc2)CC(CC=O)(C(=O)OC)C1. The van der Waals surface area contributed by atoms with Gasteiger partial charge in [0.2, 0.25) is 0 Å². The van der Waals surface area contributed by atoms with Crippen molar-refractivity contribution in [2.75, 3.05) is 21.3 Å². The highest BCUT2D eigenvalue weighted by molar-refractivity contribution is 5.82. The third-order valence-electron chi connectivity index (χ3n) is 5.07. The molecule has 2 rings (SSSR count). The summed E-state index contributed by atoms with van der Waals surface area (Å²) >= 11 is 0. The largest absolute Gasteiger partial charge is 0.497 e. The standard InChI is InChI=1S/C20H26O7/c1-24-16-6-4-14(5-7-16)13-27-17-10-15(18(22)25-2)11-20(12-17,8-9-21)19(23)26-3/h4-7,9,15,17H,8,10-13H2,1-3H3. The number of carbonyl (C=O) groups excluding carboxylic acids is 3. The van der Waals surface area contributed by atoms with Crippen molar-refractivity contribution in [3.63, 3.8) is 0 Å². The van der Waals surface area contributed by atoms with Gasteiger partial charge in [0.15, 0.2) is 0 Å². The van der Waals surface area contributed by atoms with Crippen LogP contribution in [0.5, 0.6) is 5.75 Å². The van der Waals surface area contributed by atoms with Crippen molar-refractivity contribution >= 4 is 18.2 Å². The van der Waals surface area contributed by atoms with Crippen LogP contribution in [0.2, 0.25) is 0 Å². The van der Waals surface area contributed by atoms with Gasteiger partial charge < -0.3 is 23.7 Å². The molecule has 0 saturated heterocycles. The molecule has 27 heavy (non-hydrogen) atoms. The molecule has 0 aromatic heterocycles. The summed E-state index contributed by atoms with van der Waals surface area (Å²) in [5.74, 6) is -0.685. The summed E-state index contributed by atoms with van der Waals surface area (Å²) in [5.41, 5.74) is -0.131. The summed E-state index contributed by atoms with van der Waals surface area (Å²) in [5, 5.41) is 0. The molecule has 0 bridgehead atoms. The minimum Gasteiger partial charge on any atom is -0.497 e. The van der Waals surface area contributed by atoms with E-state index in [0.717, 1.165) is 11.3 Å². The molecule has 0 spiro atoms. The van der Waals surface area contributed by atoms with Crippen molar-refractivity contribution in [1.29, 1.82) is 0 Å². The zero-order valence-corrected chi connectivity index (χ0v) is 15.9. The number of hydrogen-bond acceptors (Lipinski definition) is 7. The minimum atomic E-state index is -1.07. The van der Waals surface area contributed by atoms with Crippen molar-refractivity contribution in [3.8, 4) is 5.75 Å². The molecule has 1 aliphatic rings. The smallest absolute Gasteiger partial charge is 0.312 e. The summed E-state index contributed by atoms with van der Waals surface area (Å²) in [6, 6.07) is 7.45. The third-order valence-corrected chi connectivity index (χ3v) is 5.07. The minimum absolute atomic E-state index is 0.0183. The van der Waals surface area contributed by atoms with E-state index in [1.54, 1.807) is 7.11 Å². The molecule has 7 nitrogen and oxygen atoms in total. The summed E-state index contributed by atoms with van der Waals surface area (Å²) in [4.78, 5) is 35.8. The Morgan fingerprint density at radius 2 is 1.81 bits per heavy atom. The van der Waals surface area contributed by atoms with Crippen molar-refractivity contribution in [1.82, 2.24) is 0 Å². The molecule has 148 valence electrons. The van der Waals surface area contributed by atoms with Gasteiger partial charge in [-0.05, 0) is 37.0 Å². The van der Waals surface area contributed by atoms with Crippen LogP contribution in [0.1, 0.15) is 31.2 Å². The van der Waals surface area contributed by atoms with E-state index in [2.05, 4.69) is 0 Å². The maximum Gasteiger partial charge on any atom is 0.312 e. The zero-order valence-electron chi connectivity index (χ0n) is 15.9. The second kappa shape index (κ2) is 9.50. The van der Waals surface area contributed by atoms with Crippen LogP contribution in [-0.4, -0.2) is 45.7 Å². The molecule has 0 radical (unpaired) electrons. The van der Waals surface area contributed by atoms with E-state index in [0.29, 0.717) is 25.7 Å². The quantitative estimate of drug-likeness (QED) is 0.506. The topological polar surface area (TPSA) is 88.1 Å². The first-order valence-electron chi connectivity index (χ1n) is 8.82. The van der Waals surface area contributed by atoms with Gasteiger partial charge in [-0.2, -0.15) is 0 Å². The Kier molecular flexibility index (Phi) is 7.36. The van der Waals surface area contributed by atoms with E-state index >= 15 is 0 Å². The molecule has 3 atom stereocenters. The highest BCUT2D eigenvalue weighted by Crippen LogP contribution is 2.44. The van der Waals surface area contributed by atoms with Crippen LogP contribution in [0.15, 0.2) is 24.3 Å². The van der Waals surface area contributed by atoms with Crippen molar-refractivity contribution in [2.45, 2.75) is 38.4 Å². The number of hydrogen-bond donors (Lipinski definition) is 0. The highest BCUT2D eigenvalue weighted by atomic mass is 16.5. The molecule has 0 N–H and O–H groups in total. The van der Waals surface area contributed by atoms with Crippen molar-refractivity contribution in [2.24, 2.45) is 11.3 Å². The van der Waals surface area contributed by atoms with Gasteiger partial charge in [-0.15, -0.1) is 0 Å². The summed E-state index contributed by atoms with van der Waals surface area (Å²) in [6.07, 6.45) is 1.27. The van der Waals surface area contributed by atoms with E-state index in [1.807, 2.05) is 24.3 Å². The Hall–Kier alpha value is -2.41. The maximum atomic E-state index is 12.4. The third kappa shape index (κ3) is 5.07. The normalized spacial score (nSPS) is 24.7. The van der Waals surface area contributed by atoms with Gasteiger partial charge in [0, 0.05) is 6.42 Å². The molecule has 7 heteroatoms. The average Bonchev–Trinajstić information content (AvgIpc) is 2.71. The average molecular weight is 378 g/mol. The monoisotopic (exact) mass is 378 g/mol. The lowest BCUT2D eigenvalue weighted by atomic mass is 9.66. The number of ether oxygens (including phenoxy) is 4. The Morgan fingerprint density at radius 1 is 1.11 bits per heavy atom. The molecule has 3 unspecified atom stereocenters. The Balaban J connectivity index is 2.16. The molecule has 1 fully saturated rings. The summed E-state index contributed by atoms with van der Waals surface area (Å²) in [6.45, 7) is 0.320. The van der Waals surface area contributed by atoms with Crippen LogP contribution in [0.25, 0.3) is 0 Å². The number of methoxy groups -OCH3 is 3. The van der Waals surface area contributed by atoms with E-state index in [4.69, 9.17) is 18.9 Å². The predicted octanol–water partition coefficient (Wildman–Crippen LogP) is 2.30. The fourth-order valence-electron chi connectivity index (χ4n) is 3.68. The molecule has 1 saturated carbocycles.